The monoisotopic (exact) mass is 328 g/mol. The van der Waals surface area contributed by atoms with Gasteiger partial charge in [0.1, 0.15) is 0 Å². The van der Waals surface area contributed by atoms with Gasteiger partial charge in [-0.3, -0.25) is 24.6 Å². The summed E-state index contributed by atoms with van der Waals surface area (Å²) in [6.07, 6.45) is 0.515. The van der Waals surface area contributed by atoms with Gasteiger partial charge in [0, 0.05) is 10.6 Å². The maximum absolute atomic E-state index is 12.3. The Balaban J connectivity index is 2.17. The summed E-state index contributed by atoms with van der Waals surface area (Å²) in [5.74, 6) is -1.03. The van der Waals surface area contributed by atoms with E-state index in [4.69, 9.17) is 23.2 Å². The topological polar surface area (TPSA) is 66.5 Å². The normalized spacial score (nSPS) is 19.5. The Kier molecular flexibility index (Phi) is 4.98. The number of amides is 2. The molecule has 1 aliphatic rings. The molecular formula is C14H14Cl2N2O3. The van der Waals surface area contributed by atoms with Gasteiger partial charge in [-0.2, -0.15) is 0 Å². The molecule has 0 bridgehead atoms. The van der Waals surface area contributed by atoms with Crippen molar-refractivity contribution in [2.24, 2.45) is 0 Å². The molecule has 112 valence electrons. The van der Waals surface area contributed by atoms with E-state index in [9.17, 15) is 14.4 Å². The van der Waals surface area contributed by atoms with E-state index in [1.807, 2.05) is 6.92 Å². The summed E-state index contributed by atoms with van der Waals surface area (Å²) in [6, 6.07) is 4.12. The number of halogens is 2. The number of carbonyl (C=O) groups is 3. The molecule has 0 spiro atoms. The quantitative estimate of drug-likeness (QED) is 0.677. The van der Waals surface area contributed by atoms with Crippen molar-refractivity contribution in [2.45, 2.75) is 19.4 Å². The number of Topliss-reactive ketones (excluding diaryl/α,β-unsaturated/α-hetero) is 1. The van der Waals surface area contributed by atoms with Gasteiger partial charge in [-0.25, -0.2) is 0 Å². The number of imide groups is 1. The molecule has 1 saturated heterocycles. The average molecular weight is 329 g/mol. The number of carbonyl (C=O) groups excluding carboxylic acids is 3. The van der Waals surface area contributed by atoms with Crippen molar-refractivity contribution in [1.29, 1.82) is 0 Å². The molecule has 7 heteroatoms. The van der Waals surface area contributed by atoms with Crippen molar-refractivity contribution in [3.05, 3.63) is 33.8 Å². The Morgan fingerprint density at radius 2 is 2.10 bits per heavy atom. The molecule has 1 fully saturated rings. The van der Waals surface area contributed by atoms with Gasteiger partial charge in [-0.15, -0.1) is 0 Å². The van der Waals surface area contributed by atoms with Crippen molar-refractivity contribution < 1.29 is 14.4 Å². The maximum Gasteiger partial charge on any atom is 0.243 e. The highest BCUT2D eigenvalue weighted by Gasteiger charge is 2.33. The van der Waals surface area contributed by atoms with Gasteiger partial charge in [0.05, 0.1) is 24.2 Å². The fourth-order valence-electron chi connectivity index (χ4n) is 2.32. The second-order valence-corrected chi connectivity index (χ2v) is 5.63. The molecule has 0 aliphatic carbocycles. The largest absolute Gasteiger partial charge is 0.294 e. The van der Waals surface area contributed by atoms with Gasteiger partial charge in [0.25, 0.3) is 0 Å². The number of hydrogen-bond donors (Lipinski definition) is 1. The predicted octanol–water partition coefficient (Wildman–Crippen LogP) is 1.91. The minimum absolute atomic E-state index is 0.0151. The lowest BCUT2D eigenvalue weighted by atomic mass is 10.1. The highest BCUT2D eigenvalue weighted by molar-refractivity contribution is 6.36. The van der Waals surface area contributed by atoms with Crippen molar-refractivity contribution in [3.8, 4) is 0 Å². The third-order valence-corrected chi connectivity index (χ3v) is 3.87. The van der Waals surface area contributed by atoms with Gasteiger partial charge < -0.3 is 0 Å². The average Bonchev–Trinajstić information content (AvgIpc) is 2.37. The molecule has 1 N–H and O–H groups in total. The summed E-state index contributed by atoms with van der Waals surface area (Å²) < 4.78 is 0. The van der Waals surface area contributed by atoms with Crippen LogP contribution in [0.3, 0.4) is 0 Å². The predicted molar refractivity (Wildman–Crippen MR) is 79.6 cm³/mol. The van der Waals surface area contributed by atoms with Crippen LogP contribution in [0.4, 0.5) is 0 Å². The number of nitrogens with one attached hydrogen (secondary N) is 1. The second kappa shape index (κ2) is 6.56. The lowest BCUT2D eigenvalue weighted by Gasteiger charge is -2.32. The Morgan fingerprint density at radius 3 is 2.71 bits per heavy atom. The third-order valence-electron chi connectivity index (χ3n) is 3.32. The smallest absolute Gasteiger partial charge is 0.243 e. The van der Waals surface area contributed by atoms with Gasteiger partial charge in [0.15, 0.2) is 5.78 Å². The molecule has 5 nitrogen and oxygen atoms in total. The van der Waals surface area contributed by atoms with Crippen LogP contribution in [-0.2, 0) is 9.59 Å². The lowest BCUT2D eigenvalue weighted by molar-refractivity contribution is -0.139. The fraction of sp³-hybridized carbons (Fsp3) is 0.357. The van der Waals surface area contributed by atoms with E-state index in [2.05, 4.69) is 5.32 Å². The van der Waals surface area contributed by atoms with Crippen LogP contribution in [0.25, 0.3) is 0 Å². The molecule has 1 unspecified atom stereocenters. The highest BCUT2D eigenvalue weighted by atomic mass is 35.5. The Bertz CT molecular complexity index is 604. The van der Waals surface area contributed by atoms with Crippen LogP contribution < -0.4 is 5.32 Å². The van der Waals surface area contributed by atoms with E-state index in [1.165, 1.54) is 6.07 Å². The summed E-state index contributed by atoms with van der Waals surface area (Å²) in [5, 5.41) is 2.97. The summed E-state index contributed by atoms with van der Waals surface area (Å²) >= 11 is 11.8. The van der Waals surface area contributed by atoms with E-state index in [0.717, 1.165) is 0 Å². The van der Waals surface area contributed by atoms with Gasteiger partial charge in [-0.1, -0.05) is 30.1 Å². The number of piperazine rings is 1. The third kappa shape index (κ3) is 3.61. The van der Waals surface area contributed by atoms with Crippen LogP contribution in [0.15, 0.2) is 18.2 Å². The zero-order chi connectivity index (χ0) is 15.6. The molecule has 0 aromatic heterocycles. The minimum Gasteiger partial charge on any atom is -0.294 e. The lowest BCUT2D eigenvalue weighted by Crippen LogP contribution is -2.58. The number of benzene rings is 1. The first-order chi connectivity index (χ1) is 9.92. The van der Waals surface area contributed by atoms with Crippen molar-refractivity contribution in [1.82, 2.24) is 10.2 Å². The van der Waals surface area contributed by atoms with Crippen molar-refractivity contribution in [2.75, 3.05) is 13.1 Å². The van der Waals surface area contributed by atoms with E-state index in [0.29, 0.717) is 17.0 Å². The Morgan fingerprint density at radius 1 is 1.38 bits per heavy atom. The van der Waals surface area contributed by atoms with Crippen LogP contribution in [-0.4, -0.2) is 41.6 Å². The number of ketones is 1. The van der Waals surface area contributed by atoms with E-state index in [1.54, 1.807) is 17.0 Å². The highest BCUT2D eigenvalue weighted by Crippen LogP contribution is 2.22. The number of rotatable bonds is 4. The first-order valence-electron chi connectivity index (χ1n) is 6.48. The Labute approximate surface area is 132 Å². The van der Waals surface area contributed by atoms with Crippen LogP contribution in [0, 0.1) is 0 Å². The summed E-state index contributed by atoms with van der Waals surface area (Å²) in [7, 11) is 0. The van der Waals surface area contributed by atoms with E-state index < -0.39 is 11.9 Å². The molecule has 1 aromatic rings. The zero-order valence-corrected chi connectivity index (χ0v) is 12.9. The molecule has 1 heterocycles. The molecule has 21 heavy (non-hydrogen) atoms. The zero-order valence-electron chi connectivity index (χ0n) is 11.4. The maximum atomic E-state index is 12.3. The molecule has 0 saturated carbocycles. The molecule has 1 aliphatic heterocycles. The fourth-order valence-corrected chi connectivity index (χ4v) is 2.83. The van der Waals surface area contributed by atoms with Crippen LogP contribution in [0.2, 0.25) is 10.0 Å². The second-order valence-electron chi connectivity index (χ2n) is 4.79. The van der Waals surface area contributed by atoms with Crippen LogP contribution in [0.1, 0.15) is 23.7 Å². The van der Waals surface area contributed by atoms with Crippen molar-refractivity contribution in [3.63, 3.8) is 0 Å². The first kappa shape index (κ1) is 15.9. The molecule has 1 aromatic carbocycles. The number of nitrogens with zero attached hydrogens (tertiary/aromatic N) is 1. The SMILES string of the molecule is CCC1C(=O)NC(=O)CN1CC(=O)c1ccc(Cl)cc1Cl. The van der Waals surface area contributed by atoms with E-state index in [-0.39, 0.29) is 29.8 Å². The van der Waals surface area contributed by atoms with E-state index >= 15 is 0 Å². The van der Waals surface area contributed by atoms with Gasteiger partial charge in [-0.05, 0) is 24.6 Å². The molecule has 2 amide bonds. The Hall–Kier alpha value is -1.43. The number of hydrogen-bond acceptors (Lipinski definition) is 4. The van der Waals surface area contributed by atoms with Gasteiger partial charge in [0.2, 0.25) is 11.8 Å². The first-order valence-corrected chi connectivity index (χ1v) is 7.24. The summed E-state index contributed by atoms with van der Waals surface area (Å²) in [6.45, 7) is 1.80. The molecule has 2 rings (SSSR count). The summed E-state index contributed by atoms with van der Waals surface area (Å²) in [4.78, 5) is 37.1. The van der Waals surface area contributed by atoms with Gasteiger partial charge >= 0.3 is 0 Å². The standard InChI is InChI=1S/C14H14Cl2N2O3/c1-2-11-14(21)17-13(20)7-18(11)6-12(19)9-4-3-8(15)5-10(9)16/h3-5,11H,2,6-7H2,1H3,(H,17,20,21). The summed E-state index contributed by atoms with van der Waals surface area (Å²) in [5.41, 5.74) is 0.328. The van der Waals surface area contributed by atoms with Crippen LogP contribution in [0.5, 0.6) is 0 Å². The molecule has 0 radical (unpaired) electrons. The minimum atomic E-state index is -0.488. The molecule has 1 atom stereocenters. The van der Waals surface area contributed by atoms with Crippen molar-refractivity contribution >= 4 is 40.8 Å². The molecular weight excluding hydrogens is 315 g/mol. The van der Waals surface area contributed by atoms with Crippen LogP contribution >= 0.6 is 23.2 Å².